The zero-order valence-electron chi connectivity index (χ0n) is 15.9. The van der Waals surface area contributed by atoms with Crippen LogP contribution in [0.4, 0.5) is 0 Å². The number of rotatable bonds is 8. The van der Waals surface area contributed by atoms with Gasteiger partial charge in [-0.1, -0.05) is 42.5 Å². The van der Waals surface area contributed by atoms with Crippen LogP contribution >= 0.6 is 0 Å². The number of carbonyl (C=O) groups is 1. The lowest BCUT2D eigenvalue weighted by atomic mass is 10.1. The molecule has 0 aliphatic heterocycles. The summed E-state index contributed by atoms with van der Waals surface area (Å²) in [5, 5.41) is 3.64. The standard InChI is InChI=1S/C23H25N3O2/c27-22(24-16-6-9-17-7-2-1-3-8-17)15-14-21-25-20-11-5-4-10-19(20)23(28)26(21)18-12-13-18/h1-5,7-8,10-11,18H,6,9,12-16H2,(H,24,27). The molecule has 4 rings (SSSR count). The van der Waals surface area contributed by atoms with E-state index in [9.17, 15) is 9.59 Å². The first-order valence-electron chi connectivity index (χ1n) is 10.0. The average Bonchev–Trinajstić information content (AvgIpc) is 3.55. The number of para-hydroxylation sites is 1. The highest BCUT2D eigenvalue weighted by molar-refractivity contribution is 5.78. The fourth-order valence-electron chi connectivity index (χ4n) is 3.56. The third-order valence-corrected chi connectivity index (χ3v) is 5.18. The van der Waals surface area contributed by atoms with E-state index in [1.807, 2.05) is 47.0 Å². The third kappa shape index (κ3) is 4.30. The van der Waals surface area contributed by atoms with Crippen LogP contribution in [0.15, 0.2) is 59.4 Å². The van der Waals surface area contributed by atoms with E-state index in [0.717, 1.165) is 31.5 Å². The molecule has 0 saturated heterocycles. The molecule has 3 aromatic rings. The Morgan fingerprint density at radius 1 is 1.04 bits per heavy atom. The van der Waals surface area contributed by atoms with Gasteiger partial charge in [0.05, 0.1) is 10.9 Å². The second-order valence-electron chi connectivity index (χ2n) is 7.39. The number of nitrogens with zero attached hydrogens (tertiary/aromatic N) is 2. The van der Waals surface area contributed by atoms with E-state index in [1.54, 1.807) is 0 Å². The molecule has 1 saturated carbocycles. The second-order valence-corrected chi connectivity index (χ2v) is 7.39. The molecular weight excluding hydrogens is 350 g/mol. The van der Waals surface area contributed by atoms with Crippen LogP contribution in [0.5, 0.6) is 0 Å². The summed E-state index contributed by atoms with van der Waals surface area (Å²) in [4.78, 5) is 29.8. The number of fused-ring (bicyclic) bond motifs is 1. The van der Waals surface area contributed by atoms with E-state index >= 15 is 0 Å². The molecular formula is C23H25N3O2. The van der Waals surface area contributed by atoms with Crippen LogP contribution in [0.3, 0.4) is 0 Å². The number of nitrogens with one attached hydrogen (secondary N) is 1. The summed E-state index contributed by atoms with van der Waals surface area (Å²) in [6.07, 6.45) is 4.73. The van der Waals surface area contributed by atoms with Crippen molar-refractivity contribution in [1.82, 2.24) is 14.9 Å². The molecule has 1 aliphatic carbocycles. The number of hydrogen-bond donors (Lipinski definition) is 1. The molecule has 0 unspecified atom stereocenters. The molecule has 0 radical (unpaired) electrons. The van der Waals surface area contributed by atoms with E-state index in [0.29, 0.717) is 30.3 Å². The smallest absolute Gasteiger partial charge is 0.261 e. The van der Waals surface area contributed by atoms with Gasteiger partial charge in [-0.3, -0.25) is 14.2 Å². The quantitative estimate of drug-likeness (QED) is 0.614. The van der Waals surface area contributed by atoms with Gasteiger partial charge in [0, 0.05) is 25.4 Å². The van der Waals surface area contributed by atoms with Crippen LogP contribution < -0.4 is 10.9 Å². The number of carbonyl (C=O) groups excluding carboxylic acids is 1. The highest BCUT2D eigenvalue weighted by Gasteiger charge is 2.28. The molecule has 2 aromatic carbocycles. The molecule has 1 heterocycles. The molecule has 1 aromatic heterocycles. The maximum atomic E-state index is 12.8. The summed E-state index contributed by atoms with van der Waals surface area (Å²) in [7, 11) is 0. The summed E-state index contributed by atoms with van der Waals surface area (Å²) in [6, 6.07) is 18.0. The van der Waals surface area contributed by atoms with Crippen molar-refractivity contribution < 1.29 is 4.79 Å². The third-order valence-electron chi connectivity index (χ3n) is 5.18. The van der Waals surface area contributed by atoms with Crippen LogP contribution in [0, 0.1) is 0 Å². The highest BCUT2D eigenvalue weighted by Crippen LogP contribution is 2.34. The summed E-state index contributed by atoms with van der Waals surface area (Å²) in [5.41, 5.74) is 2.01. The van der Waals surface area contributed by atoms with Gasteiger partial charge in [0.2, 0.25) is 5.91 Å². The minimum Gasteiger partial charge on any atom is -0.356 e. The Bertz CT molecular complexity index is 1020. The van der Waals surface area contributed by atoms with Gasteiger partial charge in [0.25, 0.3) is 5.56 Å². The van der Waals surface area contributed by atoms with Gasteiger partial charge in [0.15, 0.2) is 0 Å². The van der Waals surface area contributed by atoms with E-state index in [1.165, 1.54) is 5.56 Å². The second kappa shape index (κ2) is 8.38. The first-order chi connectivity index (χ1) is 13.7. The van der Waals surface area contributed by atoms with Gasteiger partial charge in [-0.2, -0.15) is 0 Å². The van der Waals surface area contributed by atoms with Gasteiger partial charge in [-0.15, -0.1) is 0 Å². The molecule has 28 heavy (non-hydrogen) atoms. The molecule has 1 N–H and O–H groups in total. The summed E-state index contributed by atoms with van der Waals surface area (Å²) >= 11 is 0. The van der Waals surface area contributed by atoms with Crippen LogP contribution in [0.25, 0.3) is 10.9 Å². The zero-order valence-corrected chi connectivity index (χ0v) is 15.9. The van der Waals surface area contributed by atoms with Gasteiger partial charge >= 0.3 is 0 Å². The molecule has 5 nitrogen and oxygen atoms in total. The largest absolute Gasteiger partial charge is 0.356 e. The Balaban J connectivity index is 1.35. The lowest BCUT2D eigenvalue weighted by Crippen LogP contribution is -2.28. The van der Waals surface area contributed by atoms with Crippen molar-refractivity contribution in [3.8, 4) is 0 Å². The van der Waals surface area contributed by atoms with Crippen molar-refractivity contribution in [2.24, 2.45) is 0 Å². The van der Waals surface area contributed by atoms with Crippen molar-refractivity contribution >= 4 is 16.8 Å². The maximum absolute atomic E-state index is 12.8. The Morgan fingerprint density at radius 3 is 2.57 bits per heavy atom. The SMILES string of the molecule is O=C(CCc1nc2ccccc2c(=O)n1C1CC1)NCCCc1ccccc1. The molecule has 0 bridgehead atoms. The molecule has 5 heteroatoms. The average molecular weight is 375 g/mol. The summed E-state index contributed by atoms with van der Waals surface area (Å²) in [6.45, 7) is 0.661. The molecule has 1 aliphatic rings. The minimum absolute atomic E-state index is 0.0119. The van der Waals surface area contributed by atoms with E-state index < -0.39 is 0 Å². The van der Waals surface area contributed by atoms with Gasteiger partial charge < -0.3 is 5.32 Å². The lowest BCUT2D eigenvalue weighted by molar-refractivity contribution is -0.121. The predicted octanol–water partition coefficient (Wildman–Crippen LogP) is 3.41. The van der Waals surface area contributed by atoms with Crippen LogP contribution in [-0.4, -0.2) is 22.0 Å². The Kier molecular flexibility index (Phi) is 5.51. The van der Waals surface area contributed by atoms with Gasteiger partial charge in [0.1, 0.15) is 5.82 Å². The molecule has 0 atom stereocenters. The molecule has 1 fully saturated rings. The first kappa shape index (κ1) is 18.4. The summed E-state index contributed by atoms with van der Waals surface area (Å²) < 4.78 is 1.81. The van der Waals surface area contributed by atoms with E-state index in [2.05, 4.69) is 22.4 Å². The molecule has 1 amide bonds. The van der Waals surface area contributed by atoms with Gasteiger partial charge in [-0.25, -0.2) is 4.98 Å². The van der Waals surface area contributed by atoms with Crippen molar-refractivity contribution in [1.29, 1.82) is 0 Å². The topological polar surface area (TPSA) is 64.0 Å². The number of amides is 1. The number of hydrogen-bond acceptors (Lipinski definition) is 3. The van der Waals surface area contributed by atoms with Crippen molar-refractivity contribution in [3.63, 3.8) is 0 Å². The highest BCUT2D eigenvalue weighted by atomic mass is 16.1. The molecule has 0 spiro atoms. The number of aryl methyl sites for hydroxylation is 2. The van der Waals surface area contributed by atoms with E-state index in [4.69, 9.17) is 0 Å². The van der Waals surface area contributed by atoms with Crippen molar-refractivity contribution in [3.05, 3.63) is 76.3 Å². The van der Waals surface area contributed by atoms with Crippen LogP contribution in [0.1, 0.15) is 43.1 Å². The van der Waals surface area contributed by atoms with Crippen LogP contribution in [-0.2, 0) is 17.6 Å². The van der Waals surface area contributed by atoms with E-state index in [-0.39, 0.29) is 17.5 Å². The first-order valence-corrected chi connectivity index (χ1v) is 10.0. The lowest BCUT2D eigenvalue weighted by Gasteiger charge is -2.13. The van der Waals surface area contributed by atoms with Crippen LogP contribution in [0.2, 0.25) is 0 Å². The Labute approximate surface area is 164 Å². The fraction of sp³-hybridized carbons (Fsp3) is 0.348. The minimum atomic E-state index is 0.0119. The zero-order chi connectivity index (χ0) is 19.3. The monoisotopic (exact) mass is 375 g/mol. The number of benzene rings is 2. The maximum Gasteiger partial charge on any atom is 0.261 e. The Hall–Kier alpha value is -2.95. The normalized spacial score (nSPS) is 13.6. The fourth-order valence-corrected chi connectivity index (χ4v) is 3.56. The van der Waals surface area contributed by atoms with Gasteiger partial charge in [-0.05, 0) is 43.4 Å². The van der Waals surface area contributed by atoms with Crippen molar-refractivity contribution in [2.45, 2.75) is 44.6 Å². The summed E-state index contributed by atoms with van der Waals surface area (Å²) in [5.74, 6) is 0.739. The number of aromatic nitrogens is 2. The predicted molar refractivity (Wildman–Crippen MR) is 110 cm³/mol. The Morgan fingerprint density at radius 2 is 1.79 bits per heavy atom. The van der Waals surface area contributed by atoms with Crippen molar-refractivity contribution in [2.75, 3.05) is 6.54 Å². The molecule has 144 valence electrons.